The van der Waals surface area contributed by atoms with Gasteiger partial charge in [-0.3, -0.25) is 14.7 Å². The minimum Gasteiger partial charge on any atom is -0.477 e. The number of hydrogen-bond donors (Lipinski definition) is 2. The van der Waals surface area contributed by atoms with Crippen molar-refractivity contribution in [2.24, 2.45) is 0 Å². The molecular weight excluding hydrogens is 268 g/mol. The van der Waals surface area contributed by atoms with Crippen molar-refractivity contribution in [1.82, 2.24) is 0 Å². The number of nitrogens with zero attached hydrogens (tertiary/aromatic N) is 2. The molecule has 0 saturated heterocycles. The molecule has 0 spiro atoms. The maximum Gasteiger partial charge on any atom is 0.342 e. The van der Waals surface area contributed by atoms with E-state index in [0.29, 0.717) is 12.1 Å². The van der Waals surface area contributed by atoms with Gasteiger partial charge in [0.1, 0.15) is 17.2 Å². The number of nitro benzene ring substituents is 1. The van der Waals surface area contributed by atoms with Crippen molar-refractivity contribution in [3.05, 3.63) is 33.4 Å². The van der Waals surface area contributed by atoms with Crippen LogP contribution in [0.1, 0.15) is 15.9 Å². The average molecular weight is 272 g/mol. The quantitative estimate of drug-likeness (QED) is 0.454. The highest BCUT2D eigenvalue weighted by atomic mass is 32.2. The maximum atomic E-state index is 10.8. The molecule has 0 amide bonds. The fourth-order valence-corrected chi connectivity index (χ4v) is 1.74. The first-order valence-corrected chi connectivity index (χ1v) is 5.55. The second-order valence-electron chi connectivity index (χ2n) is 3.02. The summed E-state index contributed by atoms with van der Waals surface area (Å²) in [6.45, 7) is 0. The number of aromatic carboxylic acids is 1. The highest BCUT2D eigenvalue weighted by molar-refractivity contribution is 7.85. The molecule has 0 radical (unpaired) electrons. The van der Waals surface area contributed by atoms with Gasteiger partial charge in [-0.25, -0.2) is 4.79 Å². The second-order valence-corrected chi connectivity index (χ2v) is 4.44. The van der Waals surface area contributed by atoms with E-state index in [1.165, 1.54) is 6.07 Å². The Morgan fingerprint density at radius 2 is 2.00 bits per heavy atom. The predicted molar refractivity (Wildman–Crippen MR) is 54.6 cm³/mol. The molecule has 18 heavy (non-hydrogen) atoms. The van der Waals surface area contributed by atoms with Crippen LogP contribution in [0.3, 0.4) is 0 Å². The van der Waals surface area contributed by atoms with Crippen LogP contribution >= 0.6 is 0 Å². The second kappa shape index (κ2) is 4.40. The number of nitriles is 1. The molecule has 0 aromatic heterocycles. The van der Waals surface area contributed by atoms with Crippen molar-refractivity contribution in [2.45, 2.75) is 4.90 Å². The van der Waals surface area contributed by atoms with Gasteiger partial charge in [-0.2, -0.15) is 13.7 Å². The molecule has 1 aromatic rings. The number of nitro groups is 1. The molecule has 0 saturated carbocycles. The van der Waals surface area contributed by atoms with Gasteiger partial charge in [-0.15, -0.1) is 0 Å². The van der Waals surface area contributed by atoms with E-state index in [2.05, 4.69) is 0 Å². The van der Waals surface area contributed by atoms with Crippen LogP contribution in [-0.2, 0) is 10.1 Å². The summed E-state index contributed by atoms with van der Waals surface area (Å²) in [5.41, 5.74) is -2.79. The minimum atomic E-state index is -4.77. The minimum absolute atomic E-state index is 0.413. The van der Waals surface area contributed by atoms with Gasteiger partial charge in [0.2, 0.25) is 0 Å². The Kier molecular flexibility index (Phi) is 3.31. The Labute approximate surface area is 99.8 Å². The van der Waals surface area contributed by atoms with Crippen LogP contribution < -0.4 is 0 Å². The van der Waals surface area contributed by atoms with Gasteiger partial charge in [-0.05, 0) is 12.1 Å². The van der Waals surface area contributed by atoms with Crippen molar-refractivity contribution in [3.63, 3.8) is 0 Å². The molecule has 0 aliphatic carbocycles. The molecule has 0 fully saturated rings. The summed E-state index contributed by atoms with van der Waals surface area (Å²) >= 11 is 0. The highest BCUT2D eigenvalue weighted by Crippen LogP contribution is 2.27. The summed E-state index contributed by atoms with van der Waals surface area (Å²) in [4.78, 5) is 19.4. The van der Waals surface area contributed by atoms with Crippen LogP contribution in [0.5, 0.6) is 0 Å². The smallest absolute Gasteiger partial charge is 0.342 e. The van der Waals surface area contributed by atoms with Crippen LogP contribution in [-0.4, -0.2) is 29.0 Å². The molecule has 0 unspecified atom stereocenters. The zero-order valence-electron chi connectivity index (χ0n) is 8.39. The molecule has 10 heteroatoms. The van der Waals surface area contributed by atoms with Crippen LogP contribution in [0, 0.1) is 21.4 Å². The molecule has 2 N–H and O–H groups in total. The first-order valence-electron chi connectivity index (χ1n) is 4.11. The molecule has 0 aliphatic heterocycles. The fourth-order valence-electron chi connectivity index (χ4n) is 1.20. The largest absolute Gasteiger partial charge is 0.477 e. The van der Waals surface area contributed by atoms with E-state index >= 15 is 0 Å². The van der Waals surface area contributed by atoms with Crippen molar-refractivity contribution in [1.29, 1.82) is 5.26 Å². The highest BCUT2D eigenvalue weighted by Gasteiger charge is 2.28. The number of carboxylic acid groups (broad SMARTS) is 1. The van der Waals surface area contributed by atoms with Crippen molar-refractivity contribution in [2.75, 3.05) is 0 Å². The van der Waals surface area contributed by atoms with Crippen molar-refractivity contribution < 1.29 is 27.8 Å². The number of carboxylic acids is 1. The van der Waals surface area contributed by atoms with E-state index in [9.17, 15) is 23.3 Å². The Bertz CT molecular complexity index is 686. The molecular formula is C8H4N2O7S. The van der Waals surface area contributed by atoms with Gasteiger partial charge in [0.15, 0.2) is 0 Å². The van der Waals surface area contributed by atoms with Crippen molar-refractivity contribution in [3.8, 4) is 6.07 Å². The van der Waals surface area contributed by atoms with Gasteiger partial charge in [0.25, 0.3) is 10.1 Å². The molecule has 0 heterocycles. The monoisotopic (exact) mass is 272 g/mol. The average Bonchev–Trinajstić information content (AvgIpc) is 2.25. The maximum absolute atomic E-state index is 10.8. The lowest BCUT2D eigenvalue weighted by molar-refractivity contribution is -0.385. The van der Waals surface area contributed by atoms with Crippen molar-refractivity contribution >= 4 is 21.8 Å². The van der Waals surface area contributed by atoms with E-state index in [4.69, 9.17) is 14.9 Å². The Hall–Kier alpha value is -2.51. The number of carbonyl (C=O) groups is 1. The van der Waals surface area contributed by atoms with Crippen LogP contribution in [0.25, 0.3) is 0 Å². The zero-order chi connectivity index (χ0) is 14.1. The number of rotatable bonds is 3. The lowest BCUT2D eigenvalue weighted by Crippen LogP contribution is -2.08. The summed E-state index contributed by atoms with van der Waals surface area (Å²) in [5, 5.41) is 28.0. The Balaban J connectivity index is 3.83. The van der Waals surface area contributed by atoms with Crippen LogP contribution in [0.2, 0.25) is 0 Å². The third kappa shape index (κ3) is 2.42. The SMILES string of the molecule is N#Cc1cc(S(=O)(=O)O)cc(C(=O)O)c1[N+](=O)[O-]. The molecule has 0 aliphatic rings. The first kappa shape index (κ1) is 13.6. The van der Waals surface area contributed by atoms with E-state index in [1.54, 1.807) is 0 Å². The summed E-state index contributed by atoms with van der Waals surface area (Å²) in [7, 11) is -4.77. The zero-order valence-corrected chi connectivity index (χ0v) is 9.21. The Morgan fingerprint density at radius 1 is 1.44 bits per heavy atom. The molecule has 1 rings (SSSR count). The third-order valence-electron chi connectivity index (χ3n) is 1.91. The van der Waals surface area contributed by atoms with Gasteiger partial charge in [0, 0.05) is 0 Å². The molecule has 9 nitrogen and oxygen atoms in total. The lowest BCUT2D eigenvalue weighted by Gasteiger charge is -2.03. The van der Waals surface area contributed by atoms with E-state index in [0.717, 1.165) is 0 Å². The summed E-state index contributed by atoms with van der Waals surface area (Å²) in [5.74, 6) is -1.79. The first-order chi connectivity index (χ1) is 8.18. The van der Waals surface area contributed by atoms with Gasteiger partial charge in [0.05, 0.1) is 9.82 Å². The molecule has 1 aromatic carbocycles. The lowest BCUT2D eigenvalue weighted by atomic mass is 10.1. The van der Waals surface area contributed by atoms with E-state index in [-0.39, 0.29) is 0 Å². The standard InChI is InChI=1S/C8H4N2O7S/c9-3-4-1-5(18(15,16)17)2-6(8(11)12)7(4)10(13)14/h1-2H,(H,11,12)(H,15,16,17). The summed E-state index contributed by atoms with van der Waals surface area (Å²) < 4.78 is 30.4. The molecule has 0 atom stereocenters. The fraction of sp³-hybridized carbons (Fsp3) is 0. The van der Waals surface area contributed by atoms with Gasteiger partial charge in [-0.1, -0.05) is 0 Å². The molecule has 94 valence electrons. The van der Waals surface area contributed by atoms with E-state index < -0.39 is 42.7 Å². The topological polar surface area (TPSA) is 159 Å². The van der Waals surface area contributed by atoms with Crippen LogP contribution in [0.4, 0.5) is 5.69 Å². The molecule has 0 bridgehead atoms. The van der Waals surface area contributed by atoms with E-state index in [1.807, 2.05) is 0 Å². The van der Waals surface area contributed by atoms with Gasteiger partial charge < -0.3 is 5.11 Å². The summed E-state index contributed by atoms with van der Waals surface area (Å²) in [6, 6.07) is 2.25. The normalized spacial score (nSPS) is 10.7. The summed E-state index contributed by atoms with van der Waals surface area (Å²) in [6.07, 6.45) is 0. The van der Waals surface area contributed by atoms with Gasteiger partial charge >= 0.3 is 11.7 Å². The Morgan fingerprint density at radius 3 is 2.33 bits per heavy atom. The predicted octanol–water partition coefficient (Wildman–Crippen LogP) is 0.411. The number of hydrogen-bond acceptors (Lipinski definition) is 6. The van der Waals surface area contributed by atoms with Crippen LogP contribution in [0.15, 0.2) is 17.0 Å². The third-order valence-corrected chi connectivity index (χ3v) is 2.75. The number of benzene rings is 1.